The Labute approximate surface area is 119 Å². The zero-order valence-corrected chi connectivity index (χ0v) is 12.8. The van der Waals surface area contributed by atoms with Crippen LogP contribution in [0.2, 0.25) is 0 Å². The van der Waals surface area contributed by atoms with Crippen molar-refractivity contribution < 1.29 is 8.42 Å². The fourth-order valence-corrected chi connectivity index (χ4v) is 4.17. The van der Waals surface area contributed by atoms with Crippen LogP contribution in [0, 0.1) is 6.92 Å². The zero-order valence-electron chi connectivity index (χ0n) is 11.1. The predicted molar refractivity (Wildman–Crippen MR) is 79.6 cm³/mol. The highest BCUT2D eigenvalue weighted by atomic mass is 32.2. The van der Waals surface area contributed by atoms with Crippen molar-refractivity contribution in [2.45, 2.75) is 24.7 Å². The normalized spacial score (nSPS) is 16.9. The van der Waals surface area contributed by atoms with Gasteiger partial charge in [-0.1, -0.05) is 17.7 Å². The lowest BCUT2D eigenvalue weighted by Gasteiger charge is -2.15. The van der Waals surface area contributed by atoms with Crippen LogP contribution < -0.4 is 4.72 Å². The van der Waals surface area contributed by atoms with Crippen LogP contribution in [-0.4, -0.2) is 38.1 Å². The molecule has 2 rings (SSSR count). The molecule has 0 unspecified atom stereocenters. The summed E-state index contributed by atoms with van der Waals surface area (Å²) < 4.78 is 28.0. The predicted octanol–water partition coefficient (Wildman–Crippen LogP) is 2.02. The molecule has 1 aliphatic rings. The molecule has 0 atom stereocenters. The third kappa shape index (κ3) is 4.49. The van der Waals surface area contributed by atoms with E-state index in [0.29, 0.717) is 19.6 Å². The summed E-state index contributed by atoms with van der Waals surface area (Å²) in [7, 11) is -3.25. The average molecular weight is 300 g/mol. The number of rotatable bonds is 6. The first-order chi connectivity index (χ1) is 9.08. The summed E-state index contributed by atoms with van der Waals surface area (Å²) in [5.74, 6) is 0.746. The Hall–Kier alpha value is -0.560. The maximum Gasteiger partial charge on any atom is 0.279 e. The van der Waals surface area contributed by atoms with Crippen LogP contribution in [-0.2, 0) is 10.2 Å². The molecule has 1 aromatic rings. The quantitative estimate of drug-likeness (QED) is 0.646. The summed E-state index contributed by atoms with van der Waals surface area (Å²) in [4.78, 5) is 1.17. The summed E-state index contributed by atoms with van der Waals surface area (Å²) >= 11 is 1.67. The first-order valence-electron chi connectivity index (χ1n) is 6.52. The molecule has 4 nitrogen and oxygen atoms in total. The number of hydrogen-bond acceptors (Lipinski definition) is 3. The van der Waals surface area contributed by atoms with Gasteiger partial charge in [-0.2, -0.15) is 12.7 Å². The van der Waals surface area contributed by atoms with Gasteiger partial charge in [0.1, 0.15) is 0 Å². The second kappa shape index (κ2) is 6.74. The monoisotopic (exact) mass is 300 g/mol. The maximum absolute atomic E-state index is 11.9. The van der Waals surface area contributed by atoms with Gasteiger partial charge in [-0.05, 0) is 31.9 Å². The Morgan fingerprint density at radius 2 is 1.84 bits per heavy atom. The molecule has 1 heterocycles. The van der Waals surface area contributed by atoms with Gasteiger partial charge in [0, 0.05) is 30.3 Å². The van der Waals surface area contributed by atoms with E-state index in [1.807, 2.05) is 0 Å². The molecule has 0 bridgehead atoms. The third-order valence-corrected chi connectivity index (χ3v) is 5.71. The summed E-state index contributed by atoms with van der Waals surface area (Å²) in [5, 5.41) is 0. The molecule has 0 spiro atoms. The molecule has 1 aromatic carbocycles. The minimum absolute atomic E-state index is 0.470. The van der Waals surface area contributed by atoms with Crippen LogP contribution in [0.4, 0.5) is 0 Å². The molecule has 19 heavy (non-hydrogen) atoms. The average Bonchev–Trinajstić information content (AvgIpc) is 2.91. The van der Waals surface area contributed by atoms with Gasteiger partial charge in [0.2, 0.25) is 0 Å². The first kappa shape index (κ1) is 14.8. The van der Waals surface area contributed by atoms with E-state index in [4.69, 9.17) is 0 Å². The number of aryl methyl sites for hydroxylation is 1. The van der Waals surface area contributed by atoms with Crippen molar-refractivity contribution in [3.8, 4) is 0 Å². The molecular formula is C13H20N2O2S2. The number of benzene rings is 1. The van der Waals surface area contributed by atoms with E-state index < -0.39 is 10.2 Å². The van der Waals surface area contributed by atoms with Gasteiger partial charge in [-0.15, -0.1) is 11.8 Å². The SMILES string of the molecule is Cc1ccc(SCCNS(=O)(=O)N2CCCC2)cc1. The maximum atomic E-state index is 11.9. The topological polar surface area (TPSA) is 49.4 Å². The molecule has 6 heteroatoms. The summed E-state index contributed by atoms with van der Waals surface area (Å²) in [5.41, 5.74) is 1.24. The molecular weight excluding hydrogens is 280 g/mol. The Morgan fingerprint density at radius 3 is 2.47 bits per heavy atom. The standard InChI is InChI=1S/C13H20N2O2S2/c1-12-4-6-13(7-5-12)18-11-8-14-19(16,17)15-9-2-3-10-15/h4-7,14H,2-3,8-11H2,1H3. The third-order valence-electron chi connectivity index (χ3n) is 3.08. The van der Waals surface area contributed by atoms with E-state index in [1.165, 1.54) is 14.8 Å². The Balaban J connectivity index is 1.73. The van der Waals surface area contributed by atoms with Crippen molar-refractivity contribution in [1.82, 2.24) is 9.03 Å². The van der Waals surface area contributed by atoms with Crippen molar-refractivity contribution in [1.29, 1.82) is 0 Å². The van der Waals surface area contributed by atoms with Crippen molar-refractivity contribution in [3.05, 3.63) is 29.8 Å². The van der Waals surface area contributed by atoms with Gasteiger partial charge >= 0.3 is 0 Å². The van der Waals surface area contributed by atoms with Crippen LogP contribution in [0.15, 0.2) is 29.2 Å². The highest BCUT2D eigenvalue weighted by Gasteiger charge is 2.24. The fourth-order valence-electron chi connectivity index (χ4n) is 1.99. The highest BCUT2D eigenvalue weighted by molar-refractivity contribution is 7.99. The zero-order chi connectivity index (χ0) is 13.7. The Bertz CT molecular complexity index is 494. The first-order valence-corrected chi connectivity index (χ1v) is 8.95. The van der Waals surface area contributed by atoms with Crippen LogP contribution in [0.3, 0.4) is 0 Å². The lowest BCUT2D eigenvalue weighted by Crippen LogP contribution is -2.39. The lowest BCUT2D eigenvalue weighted by molar-refractivity contribution is 0.467. The Kier molecular flexibility index (Phi) is 5.27. The van der Waals surface area contributed by atoms with E-state index in [9.17, 15) is 8.42 Å². The minimum atomic E-state index is -3.25. The van der Waals surface area contributed by atoms with Crippen molar-refractivity contribution in [2.75, 3.05) is 25.4 Å². The highest BCUT2D eigenvalue weighted by Crippen LogP contribution is 2.17. The summed E-state index contributed by atoms with van der Waals surface area (Å²) in [6, 6.07) is 8.26. The largest absolute Gasteiger partial charge is 0.279 e. The molecule has 106 valence electrons. The number of thioether (sulfide) groups is 1. The summed E-state index contributed by atoms with van der Waals surface area (Å²) in [6.07, 6.45) is 1.94. The molecule has 0 aliphatic carbocycles. The molecule has 1 fully saturated rings. The van der Waals surface area contributed by atoms with Gasteiger partial charge in [-0.25, -0.2) is 4.72 Å². The summed E-state index contributed by atoms with van der Waals surface area (Å²) in [6.45, 7) is 3.83. The van der Waals surface area contributed by atoms with E-state index in [0.717, 1.165) is 18.6 Å². The molecule has 1 saturated heterocycles. The van der Waals surface area contributed by atoms with Crippen LogP contribution >= 0.6 is 11.8 Å². The van der Waals surface area contributed by atoms with Crippen molar-refractivity contribution >= 4 is 22.0 Å². The number of nitrogens with zero attached hydrogens (tertiary/aromatic N) is 1. The fraction of sp³-hybridized carbons (Fsp3) is 0.538. The van der Waals surface area contributed by atoms with E-state index in [2.05, 4.69) is 35.9 Å². The number of nitrogens with one attached hydrogen (secondary N) is 1. The van der Waals surface area contributed by atoms with E-state index in [-0.39, 0.29) is 0 Å². The molecule has 1 aliphatic heterocycles. The molecule has 0 amide bonds. The van der Waals surface area contributed by atoms with Crippen molar-refractivity contribution in [2.24, 2.45) is 0 Å². The van der Waals surface area contributed by atoms with Gasteiger partial charge in [-0.3, -0.25) is 0 Å². The molecule has 0 aromatic heterocycles. The minimum Gasteiger partial charge on any atom is -0.201 e. The molecule has 0 saturated carbocycles. The second-order valence-corrected chi connectivity index (χ2v) is 7.59. The molecule has 0 radical (unpaired) electrons. The smallest absolute Gasteiger partial charge is 0.201 e. The van der Waals surface area contributed by atoms with Crippen LogP contribution in [0.5, 0.6) is 0 Å². The number of hydrogen-bond donors (Lipinski definition) is 1. The lowest BCUT2D eigenvalue weighted by atomic mass is 10.2. The van der Waals surface area contributed by atoms with Gasteiger partial charge in [0.25, 0.3) is 10.2 Å². The Morgan fingerprint density at radius 1 is 1.21 bits per heavy atom. The molecule has 1 N–H and O–H groups in total. The van der Waals surface area contributed by atoms with Crippen LogP contribution in [0.1, 0.15) is 18.4 Å². The van der Waals surface area contributed by atoms with Crippen molar-refractivity contribution in [3.63, 3.8) is 0 Å². The second-order valence-electron chi connectivity index (χ2n) is 4.67. The van der Waals surface area contributed by atoms with E-state index in [1.54, 1.807) is 11.8 Å². The van der Waals surface area contributed by atoms with Gasteiger partial charge in [0.15, 0.2) is 0 Å². The van der Waals surface area contributed by atoms with Gasteiger partial charge < -0.3 is 0 Å². The van der Waals surface area contributed by atoms with Crippen LogP contribution in [0.25, 0.3) is 0 Å². The van der Waals surface area contributed by atoms with Gasteiger partial charge in [0.05, 0.1) is 0 Å². The van der Waals surface area contributed by atoms with E-state index >= 15 is 0 Å².